The standard InChI is InChI=1S/C18H21N3O3/c1-3-13-7-9-14(10-8-13)20-18(23)16-6-4-5-15(21-16)17(22)19-11-12-24-2/h4-10H,3,11-12H2,1-2H3,(H,19,22)(H,20,23). The van der Waals surface area contributed by atoms with E-state index < -0.39 is 0 Å². The van der Waals surface area contributed by atoms with Gasteiger partial charge in [-0.3, -0.25) is 9.59 Å². The number of aryl methyl sites for hydroxylation is 1. The lowest BCUT2D eigenvalue weighted by Crippen LogP contribution is -2.28. The number of methoxy groups -OCH3 is 1. The summed E-state index contributed by atoms with van der Waals surface area (Å²) in [5.41, 5.74) is 2.27. The second-order valence-corrected chi connectivity index (χ2v) is 5.16. The Morgan fingerprint density at radius 2 is 1.71 bits per heavy atom. The molecule has 0 unspecified atom stereocenters. The number of amides is 2. The van der Waals surface area contributed by atoms with Crippen LogP contribution in [0.25, 0.3) is 0 Å². The number of hydrogen-bond donors (Lipinski definition) is 2. The first kappa shape index (κ1) is 17.6. The molecule has 0 aliphatic carbocycles. The minimum Gasteiger partial charge on any atom is -0.383 e. The topological polar surface area (TPSA) is 80.3 Å². The maximum atomic E-state index is 12.3. The van der Waals surface area contributed by atoms with Crippen LogP contribution in [0.4, 0.5) is 5.69 Å². The van der Waals surface area contributed by atoms with E-state index in [0.29, 0.717) is 18.8 Å². The number of hydrogen-bond acceptors (Lipinski definition) is 4. The molecule has 1 aromatic heterocycles. The molecule has 6 nitrogen and oxygen atoms in total. The molecule has 0 aliphatic heterocycles. The first-order valence-electron chi connectivity index (χ1n) is 7.78. The number of nitrogens with one attached hydrogen (secondary N) is 2. The minimum atomic E-state index is -0.356. The van der Waals surface area contributed by atoms with E-state index in [0.717, 1.165) is 6.42 Å². The van der Waals surface area contributed by atoms with Crippen LogP contribution in [0.2, 0.25) is 0 Å². The number of nitrogens with zero attached hydrogens (tertiary/aromatic N) is 1. The highest BCUT2D eigenvalue weighted by Crippen LogP contribution is 2.11. The van der Waals surface area contributed by atoms with Gasteiger partial charge >= 0.3 is 0 Å². The molecule has 0 saturated carbocycles. The normalized spacial score (nSPS) is 10.2. The third-order valence-electron chi connectivity index (χ3n) is 3.43. The van der Waals surface area contributed by atoms with E-state index in [1.54, 1.807) is 25.3 Å². The van der Waals surface area contributed by atoms with Gasteiger partial charge in [-0.25, -0.2) is 4.98 Å². The van der Waals surface area contributed by atoms with Crippen molar-refractivity contribution in [2.45, 2.75) is 13.3 Å². The van der Waals surface area contributed by atoms with Gasteiger partial charge < -0.3 is 15.4 Å². The molecular weight excluding hydrogens is 306 g/mol. The maximum absolute atomic E-state index is 12.3. The van der Waals surface area contributed by atoms with Crippen LogP contribution < -0.4 is 10.6 Å². The number of carbonyl (C=O) groups is 2. The number of anilines is 1. The Morgan fingerprint density at radius 3 is 2.33 bits per heavy atom. The quantitative estimate of drug-likeness (QED) is 0.765. The molecule has 2 amide bonds. The fourth-order valence-corrected chi connectivity index (χ4v) is 2.06. The third-order valence-corrected chi connectivity index (χ3v) is 3.43. The van der Waals surface area contributed by atoms with Gasteiger partial charge in [-0.2, -0.15) is 0 Å². The fourth-order valence-electron chi connectivity index (χ4n) is 2.06. The van der Waals surface area contributed by atoms with Crippen molar-refractivity contribution in [2.75, 3.05) is 25.6 Å². The lowest BCUT2D eigenvalue weighted by molar-refractivity contribution is 0.0932. The molecule has 126 valence electrons. The van der Waals surface area contributed by atoms with Crippen molar-refractivity contribution in [3.05, 3.63) is 59.4 Å². The zero-order chi connectivity index (χ0) is 17.4. The predicted octanol–water partition coefficient (Wildman–Crippen LogP) is 2.27. The van der Waals surface area contributed by atoms with E-state index in [9.17, 15) is 9.59 Å². The lowest BCUT2D eigenvalue weighted by Gasteiger charge is -2.07. The van der Waals surface area contributed by atoms with Gasteiger partial charge in [0.05, 0.1) is 6.61 Å². The van der Waals surface area contributed by atoms with Crippen molar-refractivity contribution in [1.82, 2.24) is 10.3 Å². The van der Waals surface area contributed by atoms with Crippen LogP contribution in [0.1, 0.15) is 33.5 Å². The number of rotatable bonds is 7. The Bertz CT molecular complexity index is 699. The van der Waals surface area contributed by atoms with Crippen molar-refractivity contribution in [1.29, 1.82) is 0 Å². The van der Waals surface area contributed by atoms with Crippen molar-refractivity contribution in [3.63, 3.8) is 0 Å². The molecule has 2 aromatic rings. The van der Waals surface area contributed by atoms with Crippen molar-refractivity contribution in [3.8, 4) is 0 Å². The summed E-state index contributed by atoms with van der Waals surface area (Å²) < 4.78 is 4.87. The van der Waals surface area contributed by atoms with E-state index in [1.165, 1.54) is 5.56 Å². The first-order chi connectivity index (χ1) is 11.6. The summed E-state index contributed by atoms with van der Waals surface area (Å²) >= 11 is 0. The van der Waals surface area contributed by atoms with Gasteiger partial charge in [0.25, 0.3) is 11.8 Å². The Hall–Kier alpha value is -2.73. The average molecular weight is 327 g/mol. The highest BCUT2D eigenvalue weighted by molar-refractivity contribution is 6.03. The Labute approximate surface area is 141 Å². The summed E-state index contributed by atoms with van der Waals surface area (Å²) in [6.45, 7) is 2.87. The largest absolute Gasteiger partial charge is 0.383 e. The SMILES string of the molecule is CCc1ccc(NC(=O)c2cccc(C(=O)NCCOC)n2)cc1. The molecule has 0 saturated heterocycles. The molecule has 1 heterocycles. The summed E-state index contributed by atoms with van der Waals surface area (Å²) in [6.07, 6.45) is 0.940. The molecule has 0 aliphatic rings. The number of aromatic nitrogens is 1. The van der Waals surface area contributed by atoms with Crippen molar-refractivity contribution in [2.24, 2.45) is 0 Å². The van der Waals surface area contributed by atoms with Gasteiger partial charge in [0.2, 0.25) is 0 Å². The molecule has 6 heteroatoms. The summed E-state index contributed by atoms with van der Waals surface area (Å²) in [5.74, 6) is -0.695. The highest BCUT2D eigenvalue weighted by atomic mass is 16.5. The molecule has 0 bridgehead atoms. The van der Waals surface area contributed by atoms with Crippen LogP contribution >= 0.6 is 0 Å². The van der Waals surface area contributed by atoms with Crippen LogP contribution in [-0.4, -0.2) is 37.1 Å². The second kappa shape index (κ2) is 8.79. The minimum absolute atomic E-state index is 0.189. The Morgan fingerprint density at radius 1 is 1.04 bits per heavy atom. The van der Waals surface area contributed by atoms with E-state index >= 15 is 0 Å². The van der Waals surface area contributed by atoms with Crippen LogP contribution in [0.15, 0.2) is 42.5 Å². The van der Waals surface area contributed by atoms with E-state index in [4.69, 9.17) is 4.74 Å². The van der Waals surface area contributed by atoms with Gasteiger partial charge in [0, 0.05) is 19.3 Å². The number of benzene rings is 1. The maximum Gasteiger partial charge on any atom is 0.274 e. The van der Waals surface area contributed by atoms with Gasteiger partial charge in [0.15, 0.2) is 0 Å². The number of ether oxygens (including phenoxy) is 1. The average Bonchev–Trinajstić information content (AvgIpc) is 2.62. The number of carbonyl (C=O) groups excluding carboxylic acids is 2. The summed E-state index contributed by atoms with van der Waals surface area (Å²) in [6, 6.07) is 12.4. The monoisotopic (exact) mass is 327 g/mol. The molecule has 0 atom stereocenters. The van der Waals surface area contributed by atoms with Crippen LogP contribution in [0, 0.1) is 0 Å². The summed E-state index contributed by atoms with van der Waals surface area (Å²) in [5, 5.41) is 5.45. The summed E-state index contributed by atoms with van der Waals surface area (Å²) in [7, 11) is 1.56. The molecule has 0 spiro atoms. The van der Waals surface area contributed by atoms with Gasteiger partial charge in [-0.1, -0.05) is 25.1 Å². The van der Waals surface area contributed by atoms with E-state index in [-0.39, 0.29) is 23.2 Å². The second-order valence-electron chi connectivity index (χ2n) is 5.16. The molecule has 24 heavy (non-hydrogen) atoms. The molecule has 0 radical (unpaired) electrons. The molecule has 0 fully saturated rings. The zero-order valence-electron chi connectivity index (χ0n) is 13.8. The van der Waals surface area contributed by atoms with Gasteiger partial charge in [-0.15, -0.1) is 0 Å². The van der Waals surface area contributed by atoms with Gasteiger partial charge in [-0.05, 0) is 36.2 Å². The smallest absolute Gasteiger partial charge is 0.274 e. The van der Waals surface area contributed by atoms with Gasteiger partial charge in [0.1, 0.15) is 11.4 Å². The van der Waals surface area contributed by atoms with E-state index in [1.807, 2.05) is 24.3 Å². The fraction of sp³-hybridized carbons (Fsp3) is 0.278. The van der Waals surface area contributed by atoms with E-state index in [2.05, 4.69) is 22.5 Å². The third kappa shape index (κ3) is 4.89. The van der Waals surface area contributed by atoms with Crippen LogP contribution in [0.5, 0.6) is 0 Å². The predicted molar refractivity (Wildman–Crippen MR) is 92.2 cm³/mol. The van der Waals surface area contributed by atoms with Crippen LogP contribution in [-0.2, 0) is 11.2 Å². The molecule has 1 aromatic carbocycles. The Balaban J connectivity index is 2.03. The number of pyridine rings is 1. The molecule has 2 N–H and O–H groups in total. The Kier molecular flexibility index (Phi) is 6.45. The van der Waals surface area contributed by atoms with Crippen molar-refractivity contribution >= 4 is 17.5 Å². The zero-order valence-corrected chi connectivity index (χ0v) is 13.8. The molecular formula is C18H21N3O3. The summed E-state index contributed by atoms with van der Waals surface area (Å²) in [4.78, 5) is 28.4. The van der Waals surface area contributed by atoms with Crippen molar-refractivity contribution < 1.29 is 14.3 Å². The lowest BCUT2D eigenvalue weighted by atomic mass is 10.1. The highest BCUT2D eigenvalue weighted by Gasteiger charge is 2.12. The molecule has 2 rings (SSSR count). The first-order valence-corrected chi connectivity index (χ1v) is 7.78. The van der Waals surface area contributed by atoms with Crippen LogP contribution in [0.3, 0.4) is 0 Å².